The summed E-state index contributed by atoms with van der Waals surface area (Å²) in [6.45, 7) is 3.36. The second kappa shape index (κ2) is 8.41. The van der Waals surface area contributed by atoms with E-state index in [0.717, 1.165) is 23.6 Å². The van der Waals surface area contributed by atoms with Crippen molar-refractivity contribution < 1.29 is 29.0 Å². The van der Waals surface area contributed by atoms with Gasteiger partial charge in [0.2, 0.25) is 0 Å². The molecule has 146 valence electrons. The zero-order valence-corrected chi connectivity index (χ0v) is 15.4. The lowest BCUT2D eigenvalue weighted by Gasteiger charge is -2.17. The van der Waals surface area contributed by atoms with Crippen LogP contribution in [0.5, 0.6) is 11.5 Å². The van der Waals surface area contributed by atoms with Gasteiger partial charge < -0.3 is 24.2 Å². The van der Waals surface area contributed by atoms with Crippen LogP contribution in [0.1, 0.15) is 17.0 Å². The predicted molar refractivity (Wildman–Crippen MR) is 95.8 cm³/mol. The summed E-state index contributed by atoms with van der Waals surface area (Å²) in [6.07, 6.45) is 0.213. The van der Waals surface area contributed by atoms with Gasteiger partial charge in [0.1, 0.15) is 5.76 Å². The lowest BCUT2D eigenvalue weighted by molar-refractivity contribution is -0.139. The molecule has 2 N–H and O–H groups in total. The van der Waals surface area contributed by atoms with Gasteiger partial charge in [0.05, 0.1) is 18.9 Å². The number of hydrogen-bond donors (Lipinski definition) is 2. The van der Waals surface area contributed by atoms with E-state index in [1.807, 2.05) is 19.1 Å². The third-order valence-corrected chi connectivity index (χ3v) is 4.61. The Morgan fingerprint density at radius 2 is 2.15 bits per heavy atom. The van der Waals surface area contributed by atoms with Gasteiger partial charge in [-0.3, -0.25) is 4.90 Å². The van der Waals surface area contributed by atoms with Crippen molar-refractivity contribution in [3.63, 3.8) is 0 Å². The fourth-order valence-electron chi connectivity index (χ4n) is 3.37. The number of rotatable bonds is 8. The SMILES string of the molecule is COc1ccc(CN2C[C@@H](Cc3cc(C)no3)[C@@H](O)C2)cc1OCC(=O)O. The number of ether oxygens (including phenoxy) is 2. The Balaban J connectivity index is 1.63. The summed E-state index contributed by atoms with van der Waals surface area (Å²) in [5, 5.41) is 23.1. The summed E-state index contributed by atoms with van der Waals surface area (Å²) >= 11 is 0. The molecular formula is C19H24N2O6. The smallest absolute Gasteiger partial charge is 0.341 e. The quantitative estimate of drug-likeness (QED) is 0.714. The van der Waals surface area contributed by atoms with E-state index in [0.29, 0.717) is 31.0 Å². The fourth-order valence-corrected chi connectivity index (χ4v) is 3.37. The number of methoxy groups -OCH3 is 1. The number of aryl methyl sites for hydroxylation is 1. The Labute approximate surface area is 157 Å². The molecule has 1 aliphatic rings. The summed E-state index contributed by atoms with van der Waals surface area (Å²) in [7, 11) is 1.51. The van der Waals surface area contributed by atoms with Crippen LogP contribution in [0.3, 0.4) is 0 Å². The maximum Gasteiger partial charge on any atom is 0.341 e. The van der Waals surface area contributed by atoms with Crippen molar-refractivity contribution in [3.05, 3.63) is 41.3 Å². The molecule has 2 heterocycles. The Hall–Kier alpha value is -2.58. The molecule has 0 aliphatic carbocycles. The van der Waals surface area contributed by atoms with E-state index in [9.17, 15) is 9.90 Å². The van der Waals surface area contributed by atoms with Crippen LogP contribution in [0.15, 0.2) is 28.8 Å². The topological polar surface area (TPSA) is 105 Å². The van der Waals surface area contributed by atoms with Gasteiger partial charge in [-0.15, -0.1) is 0 Å². The van der Waals surface area contributed by atoms with E-state index in [1.165, 1.54) is 7.11 Å². The van der Waals surface area contributed by atoms with E-state index in [1.54, 1.807) is 12.1 Å². The number of carboxylic acids is 1. The van der Waals surface area contributed by atoms with E-state index < -0.39 is 18.7 Å². The molecule has 0 amide bonds. The second-order valence-corrected chi connectivity index (χ2v) is 6.83. The molecule has 1 aromatic heterocycles. The molecule has 1 saturated heterocycles. The number of aromatic nitrogens is 1. The van der Waals surface area contributed by atoms with Gasteiger partial charge in [-0.2, -0.15) is 0 Å². The van der Waals surface area contributed by atoms with Crippen molar-refractivity contribution in [3.8, 4) is 11.5 Å². The van der Waals surface area contributed by atoms with Crippen molar-refractivity contribution in [2.45, 2.75) is 26.0 Å². The minimum absolute atomic E-state index is 0.0818. The molecule has 2 aromatic rings. The van der Waals surface area contributed by atoms with Crippen LogP contribution >= 0.6 is 0 Å². The lowest BCUT2D eigenvalue weighted by Crippen LogP contribution is -2.21. The molecule has 0 spiro atoms. The first-order valence-corrected chi connectivity index (χ1v) is 8.78. The van der Waals surface area contributed by atoms with E-state index in [-0.39, 0.29) is 5.92 Å². The van der Waals surface area contributed by atoms with Gasteiger partial charge in [-0.05, 0) is 24.6 Å². The zero-order valence-electron chi connectivity index (χ0n) is 15.4. The highest BCUT2D eigenvalue weighted by molar-refractivity contribution is 5.68. The summed E-state index contributed by atoms with van der Waals surface area (Å²) in [4.78, 5) is 12.9. The van der Waals surface area contributed by atoms with Crippen LogP contribution < -0.4 is 9.47 Å². The summed E-state index contributed by atoms with van der Waals surface area (Å²) in [5.41, 5.74) is 1.79. The standard InChI is InChI=1S/C19H24N2O6/c1-12-5-15(27-20-12)7-14-9-21(10-16(14)22)8-13-3-4-17(25-2)18(6-13)26-11-19(23)24/h3-6,14,16,22H,7-11H2,1-2H3,(H,23,24)/t14-,16+/m1/s1. The molecular weight excluding hydrogens is 352 g/mol. The van der Waals surface area contributed by atoms with Crippen molar-refractivity contribution in [2.24, 2.45) is 5.92 Å². The third-order valence-electron chi connectivity index (χ3n) is 4.61. The minimum Gasteiger partial charge on any atom is -0.493 e. The number of likely N-dealkylation sites (tertiary alicyclic amines) is 1. The Morgan fingerprint density at radius 1 is 1.33 bits per heavy atom. The third kappa shape index (κ3) is 4.99. The molecule has 0 bridgehead atoms. The van der Waals surface area contributed by atoms with Crippen molar-refractivity contribution in [1.29, 1.82) is 0 Å². The number of aliphatic carboxylic acids is 1. The van der Waals surface area contributed by atoms with Crippen LogP contribution in [0.4, 0.5) is 0 Å². The highest BCUT2D eigenvalue weighted by Gasteiger charge is 2.32. The maximum atomic E-state index is 10.7. The number of hydrogen-bond acceptors (Lipinski definition) is 7. The number of carbonyl (C=O) groups is 1. The Morgan fingerprint density at radius 3 is 2.81 bits per heavy atom. The number of nitrogens with zero attached hydrogens (tertiary/aromatic N) is 2. The highest BCUT2D eigenvalue weighted by atomic mass is 16.5. The molecule has 1 fully saturated rings. The summed E-state index contributed by atoms with van der Waals surface area (Å²) in [5.74, 6) is 0.701. The molecule has 2 atom stereocenters. The maximum absolute atomic E-state index is 10.7. The minimum atomic E-state index is -1.05. The number of benzene rings is 1. The zero-order chi connectivity index (χ0) is 19.4. The number of β-amino-alcohol motifs (C(OH)–C–C–N with tert-alkyl or cyclic N) is 1. The largest absolute Gasteiger partial charge is 0.493 e. The van der Waals surface area contributed by atoms with Crippen LogP contribution in [0, 0.1) is 12.8 Å². The lowest BCUT2D eigenvalue weighted by atomic mass is 10.0. The first kappa shape index (κ1) is 19.2. The normalized spacial score (nSPS) is 20.0. The van der Waals surface area contributed by atoms with E-state index in [2.05, 4.69) is 10.1 Å². The molecule has 8 heteroatoms. The van der Waals surface area contributed by atoms with E-state index in [4.69, 9.17) is 19.1 Å². The molecule has 1 aromatic carbocycles. The first-order valence-electron chi connectivity index (χ1n) is 8.78. The molecule has 27 heavy (non-hydrogen) atoms. The van der Waals surface area contributed by atoms with Crippen LogP contribution in [-0.2, 0) is 17.8 Å². The molecule has 3 rings (SSSR count). The average Bonchev–Trinajstić information content (AvgIpc) is 3.19. The van der Waals surface area contributed by atoms with E-state index >= 15 is 0 Å². The van der Waals surface area contributed by atoms with Crippen molar-refractivity contribution in [2.75, 3.05) is 26.8 Å². The van der Waals surface area contributed by atoms with Crippen LogP contribution in [0.2, 0.25) is 0 Å². The summed E-state index contributed by atoms with van der Waals surface area (Å²) in [6, 6.07) is 7.34. The van der Waals surface area contributed by atoms with Gasteiger partial charge in [0, 0.05) is 38.0 Å². The van der Waals surface area contributed by atoms with Crippen LogP contribution in [0.25, 0.3) is 0 Å². The number of aliphatic hydroxyl groups is 1. The molecule has 0 unspecified atom stereocenters. The molecule has 0 radical (unpaired) electrons. The van der Waals surface area contributed by atoms with Gasteiger partial charge in [0.25, 0.3) is 0 Å². The summed E-state index contributed by atoms with van der Waals surface area (Å²) < 4.78 is 15.8. The predicted octanol–water partition coefficient (Wildman–Crippen LogP) is 1.49. The van der Waals surface area contributed by atoms with Crippen molar-refractivity contribution >= 4 is 5.97 Å². The van der Waals surface area contributed by atoms with Gasteiger partial charge in [-0.25, -0.2) is 4.79 Å². The number of carboxylic acid groups (broad SMARTS) is 1. The molecule has 8 nitrogen and oxygen atoms in total. The molecule has 0 saturated carbocycles. The monoisotopic (exact) mass is 376 g/mol. The second-order valence-electron chi connectivity index (χ2n) is 6.83. The van der Waals surface area contributed by atoms with Gasteiger partial charge in [0.15, 0.2) is 18.1 Å². The van der Waals surface area contributed by atoms with Crippen molar-refractivity contribution in [1.82, 2.24) is 10.1 Å². The Bertz CT molecular complexity index is 790. The Kier molecular flexibility index (Phi) is 5.98. The number of aliphatic hydroxyl groups excluding tert-OH is 1. The highest BCUT2D eigenvalue weighted by Crippen LogP contribution is 2.30. The molecule has 1 aliphatic heterocycles. The van der Waals surface area contributed by atoms with Gasteiger partial charge >= 0.3 is 5.97 Å². The fraction of sp³-hybridized carbons (Fsp3) is 0.474. The van der Waals surface area contributed by atoms with Gasteiger partial charge in [-0.1, -0.05) is 11.2 Å². The average molecular weight is 376 g/mol. The first-order chi connectivity index (χ1) is 12.9. The van der Waals surface area contributed by atoms with Crippen LogP contribution in [-0.4, -0.2) is 59.1 Å².